The molecule has 0 amide bonds. The average molecular weight is 481 g/mol. The quantitative estimate of drug-likeness (QED) is 0.319. The van der Waals surface area contributed by atoms with Crippen LogP contribution in [-0.2, 0) is 6.42 Å². The smallest absolute Gasteiger partial charge is 0.265 e. The Balaban J connectivity index is 0.00000126. The van der Waals surface area contributed by atoms with Crippen LogP contribution in [0, 0.1) is 5.92 Å². The van der Waals surface area contributed by atoms with Crippen molar-refractivity contribution < 1.29 is 0 Å². The van der Waals surface area contributed by atoms with E-state index < -0.39 is 0 Å². The van der Waals surface area contributed by atoms with Crippen LogP contribution < -0.4 is 5.56 Å². The number of hydrogen-bond acceptors (Lipinski definition) is 4. The van der Waals surface area contributed by atoms with Gasteiger partial charge in [-0.15, -0.1) is 10.2 Å². The molecule has 5 nitrogen and oxygen atoms in total. The highest BCUT2D eigenvalue weighted by molar-refractivity contribution is 6.31. The van der Waals surface area contributed by atoms with E-state index in [2.05, 4.69) is 15.3 Å². The lowest BCUT2D eigenvalue weighted by atomic mass is 9.97. The van der Waals surface area contributed by atoms with Gasteiger partial charge in [0.2, 0.25) is 0 Å². The van der Waals surface area contributed by atoms with Crippen molar-refractivity contribution in [2.45, 2.75) is 46.0 Å². The summed E-state index contributed by atoms with van der Waals surface area (Å²) >= 11 is 12.2. The molecule has 170 valence electrons. The molecule has 5 rings (SSSR count). The maximum atomic E-state index is 13.2. The first-order valence-corrected chi connectivity index (χ1v) is 12.2. The van der Waals surface area contributed by atoms with E-state index in [-0.39, 0.29) is 5.56 Å². The summed E-state index contributed by atoms with van der Waals surface area (Å²) in [6.07, 6.45) is 7.09. The van der Waals surface area contributed by atoms with Crippen LogP contribution in [0.1, 0.15) is 45.2 Å². The molecular weight excluding hydrogens is 455 g/mol. The van der Waals surface area contributed by atoms with Crippen molar-refractivity contribution in [1.82, 2.24) is 19.8 Å². The predicted molar refractivity (Wildman–Crippen MR) is 135 cm³/mol. The fourth-order valence-corrected chi connectivity index (χ4v) is 4.59. The van der Waals surface area contributed by atoms with Gasteiger partial charge in [0.1, 0.15) is 5.69 Å². The number of rotatable bonds is 4. The molecule has 1 saturated carbocycles. The molecule has 0 N–H and O–H groups in total. The van der Waals surface area contributed by atoms with Gasteiger partial charge in [0.15, 0.2) is 5.65 Å². The Morgan fingerprint density at radius 2 is 1.45 bits per heavy atom. The third-order valence-corrected chi connectivity index (χ3v) is 6.45. The molecule has 7 heteroatoms. The maximum absolute atomic E-state index is 13.2. The standard InChI is InChI=1S/C24H20Cl2N4O.C2H6/c25-18-9-5-16(6-10-18)20-14-27-30-23(22(20)17-7-11-19(26)12-8-17)29-28-21(24(30)31)13-15-3-1-2-4-15;1-2/h5-12,14-15H,1-4,13H2;1-2H3. The average Bonchev–Trinajstić information content (AvgIpc) is 3.36. The van der Waals surface area contributed by atoms with Gasteiger partial charge in [-0.3, -0.25) is 4.79 Å². The van der Waals surface area contributed by atoms with Crippen LogP contribution in [0.25, 0.3) is 27.9 Å². The molecule has 0 bridgehead atoms. The van der Waals surface area contributed by atoms with Gasteiger partial charge in [-0.05, 0) is 41.3 Å². The van der Waals surface area contributed by atoms with E-state index >= 15 is 0 Å². The second kappa shape index (κ2) is 10.4. The molecule has 33 heavy (non-hydrogen) atoms. The Morgan fingerprint density at radius 1 is 0.879 bits per heavy atom. The monoisotopic (exact) mass is 480 g/mol. The molecular formula is C26H26Cl2N4O. The summed E-state index contributed by atoms with van der Waals surface area (Å²) < 4.78 is 1.38. The van der Waals surface area contributed by atoms with Crippen LogP contribution in [0.4, 0.5) is 0 Å². The first-order valence-electron chi connectivity index (χ1n) is 11.4. The van der Waals surface area contributed by atoms with Crippen LogP contribution in [-0.4, -0.2) is 19.8 Å². The highest BCUT2D eigenvalue weighted by Crippen LogP contribution is 2.35. The van der Waals surface area contributed by atoms with Gasteiger partial charge in [-0.25, -0.2) is 0 Å². The maximum Gasteiger partial charge on any atom is 0.296 e. The van der Waals surface area contributed by atoms with Crippen molar-refractivity contribution in [3.63, 3.8) is 0 Å². The molecule has 0 atom stereocenters. The van der Waals surface area contributed by atoms with E-state index in [0.717, 1.165) is 35.1 Å². The predicted octanol–water partition coefficient (Wildman–Crippen LogP) is 6.88. The van der Waals surface area contributed by atoms with Crippen LogP contribution in [0.15, 0.2) is 59.5 Å². The second-order valence-electron chi connectivity index (χ2n) is 7.99. The molecule has 2 heterocycles. The number of halogens is 2. The van der Waals surface area contributed by atoms with E-state index in [4.69, 9.17) is 23.2 Å². The van der Waals surface area contributed by atoms with E-state index in [1.807, 2.05) is 62.4 Å². The van der Waals surface area contributed by atoms with E-state index in [1.165, 1.54) is 17.4 Å². The number of benzene rings is 2. The summed E-state index contributed by atoms with van der Waals surface area (Å²) in [6, 6.07) is 15.0. The number of aromatic nitrogens is 4. The molecule has 0 spiro atoms. The van der Waals surface area contributed by atoms with Crippen molar-refractivity contribution >= 4 is 28.8 Å². The van der Waals surface area contributed by atoms with Gasteiger partial charge in [0.25, 0.3) is 5.56 Å². The van der Waals surface area contributed by atoms with Gasteiger partial charge < -0.3 is 0 Å². The van der Waals surface area contributed by atoms with E-state index in [9.17, 15) is 4.79 Å². The number of hydrogen-bond donors (Lipinski definition) is 0. The molecule has 2 aromatic heterocycles. The fraction of sp³-hybridized carbons (Fsp3) is 0.308. The molecule has 0 aliphatic heterocycles. The summed E-state index contributed by atoms with van der Waals surface area (Å²) in [7, 11) is 0. The van der Waals surface area contributed by atoms with Crippen molar-refractivity contribution in [3.05, 3.63) is 80.8 Å². The van der Waals surface area contributed by atoms with Crippen molar-refractivity contribution in [3.8, 4) is 22.3 Å². The SMILES string of the molecule is CC.O=c1c(CC2CCCC2)nnc2c(-c3ccc(Cl)cc3)c(-c3ccc(Cl)cc3)cnn12. The molecule has 1 aliphatic carbocycles. The van der Waals surface area contributed by atoms with Crippen molar-refractivity contribution in [1.29, 1.82) is 0 Å². The van der Waals surface area contributed by atoms with E-state index in [1.54, 1.807) is 6.20 Å². The molecule has 4 aromatic rings. The normalized spacial score (nSPS) is 13.7. The summed E-state index contributed by atoms with van der Waals surface area (Å²) in [5.74, 6) is 0.504. The third-order valence-electron chi connectivity index (χ3n) is 5.95. The zero-order chi connectivity index (χ0) is 23.4. The first-order chi connectivity index (χ1) is 16.1. The highest BCUT2D eigenvalue weighted by atomic mass is 35.5. The molecule has 1 aliphatic rings. The Kier molecular flexibility index (Phi) is 7.41. The minimum atomic E-state index is -0.199. The van der Waals surface area contributed by atoms with Crippen LogP contribution in [0.3, 0.4) is 0 Å². The molecule has 0 unspecified atom stereocenters. The summed E-state index contributed by atoms with van der Waals surface area (Å²) in [4.78, 5) is 13.2. The molecule has 0 radical (unpaired) electrons. The zero-order valence-corrected chi connectivity index (χ0v) is 20.3. The van der Waals surface area contributed by atoms with Gasteiger partial charge >= 0.3 is 0 Å². The minimum Gasteiger partial charge on any atom is -0.265 e. The van der Waals surface area contributed by atoms with Crippen molar-refractivity contribution in [2.24, 2.45) is 5.92 Å². The Hall–Kier alpha value is -2.76. The molecule has 1 fully saturated rings. The number of fused-ring (bicyclic) bond motifs is 1. The van der Waals surface area contributed by atoms with Crippen LogP contribution in [0.2, 0.25) is 10.0 Å². The summed E-state index contributed by atoms with van der Waals surface area (Å²) in [5.41, 5.74) is 4.14. The first kappa shape index (κ1) is 23.4. The Bertz CT molecular complexity index is 1300. The zero-order valence-electron chi connectivity index (χ0n) is 18.8. The van der Waals surface area contributed by atoms with E-state index in [0.29, 0.717) is 33.7 Å². The number of nitrogens with zero attached hydrogens (tertiary/aromatic N) is 4. The molecule has 0 saturated heterocycles. The molecule has 2 aromatic carbocycles. The Labute approximate surface area is 203 Å². The van der Waals surface area contributed by atoms with Gasteiger partial charge in [-0.2, -0.15) is 9.61 Å². The lowest BCUT2D eigenvalue weighted by Gasteiger charge is -2.14. The second-order valence-corrected chi connectivity index (χ2v) is 8.86. The Morgan fingerprint density at radius 3 is 2.06 bits per heavy atom. The largest absolute Gasteiger partial charge is 0.296 e. The fourth-order valence-electron chi connectivity index (χ4n) is 4.34. The van der Waals surface area contributed by atoms with Crippen LogP contribution >= 0.6 is 23.2 Å². The summed E-state index contributed by atoms with van der Waals surface area (Å²) in [5, 5.41) is 14.6. The summed E-state index contributed by atoms with van der Waals surface area (Å²) in [6.45, 7) is 4.00. The van der Waals surface area contributed by atoms with Crippen molar-refractivity contribution in [2.75, 3.05) is 0 Å². The van der Waals surface area contributed by atoms with Gasteiger partial charge in [0.05, 0.1) is 6.20 Å². The lowest BCUT2D eigenvalue weighted by Crippen LogP contribution is -2.25. The lowest BCUT2D eigenvalue weighted by molar-refractivity contribution is 0.529. The third kappa shape index (κ3) is 4.94. The minimum absolute atomic E-state index is 0.199. The van der Waals surface area contributed by atoms with Crippen LogP contribution in [0.5, 0.6) is 0 Å². The topological polar surface area (TPSA) is 60.2 Å². The van der Waals surface area contributed by atoms with Gasteiger partial charge in [0, 0.05) is 27.6 Å². The highest BCUT2D eigenvalue weighted by Gasteiger charge is 2.21. The van der Waals surface area contributed by atoms with Gasteiger partial charge in [-0.1, -0.05) is 87.0 Å².